The number of aliphatic hydroxyl groups is 4. The molecule has 4 atom stereocenters. The fraction of sp³-hybridized carbons (Fsp3) is 0.538. The number of rotatable bonds is 17. The monoisotopic (exact) mass is 444 g/mol. The van der Waals surface area contributed by atoms with Gasteiger partial charge in [0.2, 0.25) is 0 Å². The summed E-state index contributed by atoms with van der Waals surface area (Å²) >= 11 is 0. The van der Waals surface area contributed by atoms with Gasteiger partial charge in [0.15, 0.2) is 0 Å². The number of nitrogens with one attached hydrogen (secondary N) is 2. The largest absolute Gasteiger partial charge is 0.389 e. The van der Waals surface area contributed by atoms with E-state index in [1.54, 1.807) is 0 Å². The minimum absolute atomic E-state index is 0.170. The molecule has 6 nitrogen and oxygen atoms in total. The maximum Gasteiger partial charge on any atom is 0.110 e. The van der Waals surface area contributed by atoms with Crippen molar-refractivity contribution < 1.29 is 20.4 Å². The van der Waals surface area contributed by atoms with Crippen LogP contribution in [0.3, 0.4) is 0 Å². The molecule has 0 fully saturated rings. The van der Waals surface area contributed by atoms with Crippen LogP contribution < -0.4 is 10.6 Å². The lowest BCUT2D eigenvalue weighted by molar-refractivity contribution is -0.102. The zero-order valence-corrected chi connectivity index (χ0v) is 18.9. The molecule has 0 amide bonds. The first-order valence-corrected chi connectivity index (χ1v) is 11.8. The molecule has 0 aliphatic carbocycles. The van der Waals surface area contributed by atoms with Crippen molar-refractivity contribution in [2.24, 2.45) is 0 Å². The third-order valence-electron chi connectivity index (χ3n) is 5.67. The molecular weight excluding hydrogens is 404 g/mol. The summed E-state index contributed by atoms with van der Waals surface area (Å²) in [6, 6.07) is 20.6. The molecule has 0 heterocycles. The van der Waals surface area contributed by atoms with Crippen LogP contribution in [0.15, 0.2) is 60.7 Å². The third kappa shape index (κ3) is 10.7. The van der Waals surface area contributed by atoms with Crippen molar-refractivity contribution in [3.63, 3.8) is 0 Å². The van der Waals surface area contributed by atoms with Crippen molar-refractivity contribution in [3.8, 4) is 0 Å². The Kier molecular flexibility index (Phi) is 13.2. The first kappa shape index (κ1) is 26.5. The predicted octanol–water partition coefficient (Wildman–Crippen LogP) is 1.65. The third-order valence-corrected chi connectivity index (χ3v) is 5.67. The van der Waals surface area contributed by atoms with Gasteiger partial charge in [-0.25, -0.2) is 0 Å². The van der Waals surface area contributed by atoms with E-state index in [0.717, 1.165) is 51.6 Å². The van der Waals surface area contributed by atoms with Gasteiger partial charge in [0.25, 0.3) is 0 Å². The van der Waals surface area contributed by atoms with Gasteiger partial charge in [0.1, 0.15) is 12.2 Å². The van der Waals surface area contributed by atoms with E-state index in [-0.39, 0.29) is 13.1 Å². The molecule has 32 heavy (non-hydrogen) atoms. The zero-order chi connectivity index (χ0) is 23.0. The van der Waals surface area contributed by atoms with Crippen molar-refractivity contribution >= 4 is 0 Å². The molecule has 0 saturated heterocycles. The van der Waals surface area contributed by atoms with Gasteiger partial charge < -0.3 is 31.1 Å². The maximum atomic E-state index is 10.1. The van der Waals surface area contributed by atoms with Crippen molar-refractivity contribution in [3.05, 3.63) is 71.8 Å². The quantitative estimate of drug-likeness (QED) is 0.207. The van der Waals surface area contributed by atoms with Crippen LogP contribution in [0.2, 0.25) is 0 Å². The van der Waals surface area contributed by atoms with Gasteiger partial charge in [-0.15, -0.1) is 0 Å². The fourth-order valence-corrected chi connectivity index (χ4v) is 3.64. The molecule has 2 aromatic rings. The number of unbranched alkanes of at least 4 members (excludes halogenated alkanes) is 2. The van der Waals surface area contributed by atoms with Crippen LogP contribution in [0.4, 0.5) is 0 Å². The van der Waals surface area contributed by atoms with Crippen LogP contribution in [0.5, 0.6) is 0 Å². The lowest BCUT2D eigenvalue weighted by Crippen LogP contribution is -2.50. The van der Waals surface area contributed by atoms with E-state index in [0.29, 0.717) is 0 Å². The normalized spacial score (nSPS) is 15.2. The van der Waals surface area contributed by atoms with Crippen molar-refractivity contribution in [1.29, 1.82) is 0 Å². The van der Waals surface area contributed by atoms with Gasteiger partial charge in [-0.2, -0.15) is 0 Å². The molecule has 0 spiro atoms. The average molecular weight is 445 g/mol. The molecule has 0 aromatic heterocycles. The van der Waals surface area contributed by atoms with Crippen LogP contribution in [0.1, 0.15) is 36.8 Å². The number of hydrogen-bond acceptors (Lipinski definition) is 6. The number of benzene rings is 2. The molecule has 2 rings (SSSR count). The Hall–Kier alpha value is -1.80. The Balaban J connectivity index is 1.49. The second-order valence-corrected chi connectivity index (χ2v) is 8.41. The van der Waals surface area contributed by atoms with E-state index in [4.69, 9.17) is 0 Å². The lowest BCUT2D eigenvalue weighted by atomic mass is 10.0. The van der Waals surface area contributed by atoms with E-state index in [2.05, 4.69) is 34.9 Å². The highest BCUT2D eigenvalue weighted by molar-refractivity contribution is 5.15. The molecule has 0 aliphatic heterocycles. The van der Waals surface area contributed by atoms with E-state index >= 15 is 0 Å². The summed E-state index contributed by atoms with van der Waals surface area (Å²) in [5.74, 6) is 0. The molecule has 4 unspecified atom stereocenters. The highest BCUT2D eigenvalue weighted by atomic mass is 16.4. The standard InChI is InChI=1S/C26H40N2O4/c29-23(19-27-17-9-7-15-21-11-3-1-4-12-21)25(31)26(32)24(30)20-28-18-10-8-16-22-13-5-2-6-14-22/h1-6,11-14,23-32H,7-10,15-20H2. The lowest BCUT2D eigenvalue weighted by Gasteiger charge is -2.27. The smallest absolute Gasteiger partial charge is 0.110 e. The second-order valence-electron chi connectivity index (χ2n) is 8.41. The minimum Gasteiger partial charge on any atom is -0.389 e. The van der Waals surface area contributed by atoms with Gasteiger partial charge in [0, 0.05) is 13.1 Å². The van der Waals surface area contributed by atoms with E-state index < -0.39 is 24.4 Å². The molecule has 0 aliphatic rings. The molecule has 0 radical (unpaired) electrons. The summed E-state index contributed by atoms with van der Waals surface area (Å²) in [4.78, 5) is 0. The van der Waals surface area contributed by atoms with Crippen molar-refractivity contribution in [2.45, 2.75) is 62.9 Å². The van der Waals surface area contributed by atoms with Crippen LogP contribution in [-0.2, 0) is 12.8 Å². The van der Waals surface area contributed by atoms with Gasteiger partial charge in [0.05, 0.1) is 12.2 Å². The minimum atomic E-state index is -1.40. The van der Waals surface area contributed by atoms with Gasteiger partial charge in [-0.3, -0.25) is 0 Å². The second kappa shape index (κ2) is 15.9. The van der Waals surface area contributed by atoms with Crippen molar-refractivity contribution in [1.82, 2.24) is 10.6 Å². The summed E-state index contributed by atoms with van der Waals surface area (Å²) in [6.07, 6.45) is 0.925. The van der Waals surface area contributed by atoms with Crippen LogP contribution in [0, 0.1) is 0 Å². The Bertz CT molecular complexity index is 640. The number of aliphatic hydroxyl groups excluding tert-OH is 4. The highest BCUT2D eigenvalue weighted by Crippen LogP contribution is 2.07. The zero-order valence-electron chi connectivity index (χ0n) is 18.9. The molecule has 6 heteroatoms. The fourth-order valence-electron chi connectivity index (χ4n) is 3.64. The topological polar surface area (TPSA) is 105 Å². The predicted molar refractivity (Wildman–Crippen MR) is 129 cm³/mol. The van der Waals surface area contributed by atoms with Crippen LogP contribution >= 0.6 is 0 Å². The average Bonchev–Trinajstić information content (AvgIpc) is 2.83. The molecule has 178 valence electrons. The molecule has 2 aromatic carbocycles. The number of hydrogen-bond donors (Lipinski definition) is 6. The first-order valence-electron chi connectivity index (χ1n) is 11.8. The molecule has 0 saturated carbocycles. The van der Waals surface area contributed by atoms with Crippen LogP contribution in [0.25, 0.3) is 0 Å². The Morgan fingerprint density at radius 1 is 0.531 bits per heavy atom. The maximum absolute atomic E-state index is 10.1. The van der Waals surface area contributed by atoms with Gasteiger partial charge in [-0.05, 0) is 62.7 Å². The number of aryl methyl sites for hydroxylation is 2. The highest BCUT2D eigenvalue weighted by Gasteiger charge is 2.29. The summed E-state index contributed by atoms with van der Waals surface area (Å²) in [5, 5.41) is 46.7. The summed E-state index contributed by atoms with van der Waals surface area (Å²) in [7, 11) is 0. The summed E-state index contributed by atoms with van der Waals surface area (Å²) in [5.41, 5.74) is 2.62. The summed E-state index contributed by atoms with van der Waals surface area (Å²) < 4.78 is 0. The molecular formula is C26H40N2O4. The Morgan fingerprint density at radius 3 is 1.28 bits per heavy atom. The van der Waals surface area contributed by atoms with Gasteiger partial charge in [-0.1, -0.05) is 60.7 Å². The van der Waals surface area contributed by atoms with E-state index in [1.807, 2.05) is 36.4 Å². The van der Waals surface area contributed by atoms with Gasteiger partial charge >= 0.3 is 0 Å². The van der Waals surface area contributed by atoms with E-state index in [9.17, 15) is 20.4 Å². The van der Waals surface area contributed by atoms with Crippen molar-refractivity contribution in [2.75, 3.05) is 26.2 Å². The molecule has 6 N–H and O–H groups in total. The van der Waals surface area contributed by atoms with E-state index in [1.165, 1.54) is 11.1 Å². The van der Waals surface area contributed by atoms with Crippen LogP contribution in [-0.4, -0.2) is 71.0 Å². The first-order chi connectivity index (χ1) is 15.6. The summed E-state index contributed by atoms with van der Waals surface area (Å²) in [6.45, 7) is 1.78. The Labute approximate surface area is 192 Å². The SMILES string of the molecule is OC(CNCCCCc1ccccc1)C(O)C(O)C(O)CNCCCCc1ccccc1. The Morgan fingerprint density at radius 2 is 0.906 bits per heavy atom. The molecule has 0 bridgehead atoms.